The summed E-state index contributed by atoms with van der Waals surface area (Å²) in [5.74, 6) is -1.32. The first-order chi connectivity index (χ1) is 12.3. The largest absolute Gasteiger partial charge is 0.495 e. The molecular weight excluding hydrogens is 383 g/mol. The number of ether oxygens (including phenoxy) is 1. The van der Waals surface area contributed by atoms with Crippen LogP contribution in [0.25, 0.3) is 0 Å². The Morgan fingerprint density at radius 1 is 1.27 bits per heavy atom. The van der Waals surface area contributed by atoms with E-state index in [1.165, 1.54) is 43.5 Å². The van der Waals surface area contributed by atoms with Crippen LogP contribution in [0.5, 0.6) is 5.75 Å². The van der Waals surface area contributed by atoms with E-state index in [4.69, 9.17) is 16.3 Å². The van der Waals surface area contributed by atoms with Crippen LogP contribution < -0.4 is 14.8 Å². The molecule has 0 atom stereocenters. The van der Waals surface area contributed by atoms with Crippen LogP contribution in [0.2, 0.25) is 5.02 Å². The number of carbonyl (C=O) groups excluding carboxylic acids is 1. The van der Waals surface area contributed by atoms with Gasteiger partial charge in [-0.1, -0.05) is 17.7 Å². The van der Waals surface area contributed by atoms with Crippen molar-refractivity contribution in [2.24, 2.45) is 0 Å². The summed E-state index contributed by atoms with van der Waals surface area (Å²) in [5, 5.41) is 2.25. The molecule has 0 aromatic heterocycles. The Labute approximate surface area is 155 Å². The van der Waals surface area contributed by atoms with Gasteiger partial charge < -0.3 is 10.1 Å². The lowest BCUT2D eigenvalue weighted by molar-refractivity contribution is 0.102. The van der Waals surface area contributed by atoms with Crippen LogP contribution in [0.4, 0.5) is 10.1 Å². The van der Waals surface area contributed by atoms with E-state index >= 15 is 0 Å². The third kappa shape index (κ3) is 3.98. The van der Waals surface area contributed by atoms with Gasteiger partial charge in [0, 0.05) is 11.6 Å². The normalized spacial score (nSPS) is 14.1. The maximum atomic E-state index is 13.9. The maximum Gasteiger partial charge on any atom is 0.255 e. The molecule has 1 fully saturated rings. The van der Waals surface area contributed by atoms with Crippen molar-refractivity contribution in [2.75, 3.05) is 12.4 Å². The van der Waals surface area contributed by atoms with Crippen molar-refractivity contribution in [3.8, 4) is 5.75 Å². The molecule has 0 unspecified atom stereocenters. The van der Waals surface area contributed by atoms with Crippen molar-refractivity contribution in [2.45, 2.75) is 23.8 Å². The standard InChI is InChI=1S/C17H16ClFN2O4S/c1-25-14-8-5-10(9-15(14)26(23,24)21-11-6-7-11)17(22)20-13-4-2-3-12(18)16(13)19/h2-5,8-9,11,21H,6-7H2,1H3,(H,20,22). The number of nitrogens with one attached hydrogen (secondary N) is 2. The van der Waals surface area contributed by atoms with Gasteiger partial charge in [0.05, 0.1) is 17.8 Å². The van der Waals surface area contributed by atoms with Crippen molar-refractivity contribution in [3.63, 3.8) is 0 Å². The molecular formula is C17H16ClFN2O4S. The molecule has 1 amide bonds. The number of halogens is 2. The average molecular weight is 399 g/mol. The van der Waals surface area contributed by atoms with Crippen molar-refractivity contribution >= 4 is 33.2 Å². The van der Waals surface area contributed by atoms with Crippen molar-refractivity contribution in [1.82, 2.24) is 4.72 Å². The van der Waals surface area contributed by atoms with E-state index in [-0.39, 0.29) is 33.0 Å². The van der Waals surface area contributed by atoms with E-state index in [0.29, 0.717) is 0 Å². The third-order valence-electron chi connectivity index (χ3n) is 3.81. The highest BCUT2D eigenvalue weighted by molar-refractivity contribution is 7.89. The summed E-state index contributed by atoms with van der Waals surface area (Å²) in [4.78, 5) is 12.3. The Hall–Kier alpha value is -2.16. The first-order valence-electron chi connectivity index (χ1n) is 7.77. The average Bonchev–Trinajstić information content (AvgIpc) is 3.41. The van der Waals surface area contributed by atoms with Crippen LogP contribution in [-0.4, -0.2) is 27.5 Å². The predicted molar refractivity (Wildman–Crippen MR) is 95.7 cm³/mol. The van der Waals surface area contributed by atoms with Crippen LogP contribution in [0.3, 0.4) is 0 Å². The van der Waals surface area contributed by atoms with E-state index < -0.39 is 21.7 Å². The molecule has 1 saturated carbocycles. The van der Waals surface area contributed by atoms with Gasteiger partial charge in [-0.15, -0.1) is 0 Å². The molecule has 6 nitrogen and oxygen atoms in total. The summed E-state index contributed by atoms with van der Waals surface area (Å²) in [5.41, 5.74) is -0.0554. The molecule has 26 heavy (non-hydrogen) atoms. The molecule has 1 aliphatic carbocycles. The molecule has 0 spiro atoms. The highest BCUT2D eigenvalue weighted by atomic mass is 35.5. The number of amides is 1. The molecule has 2 N–H and O–H groups in total. The number of anilines is 1. The number of hydrogen-bond donors (Lipinski definition) is 2. The minimum Gasteiger partial charge on any atom is -0.495 e. The van der Waals surface area contributed by atoms with E-state index in [1.54, 1.807) is 0 Å². The van der Waals surface area contributed by atoms with Crippen LogP contribution in [-0.2, 0) is 10.0 Å². The van der Waals surface area contributed by atoms with Crippen LogP contribution >= 0.6 is 11.6 Å². The second-order valence-electron chi connectivity index (χ2n) is 5.82. The highest BCUT2D eigenvalue weighted by Crippen LogP contribution is 2.29. The second-order valence-corrected chi connectivity index (χ2v) is 7.91. The number of carbonyl (C=O) groups is 1. The Kier molecular flexibility index (Phi) is 5.17. The summed E-state index contributed by atoms with van der Waals surface area (Å²) < 4.78 is 46.6. The summed E-state index contributed by atoms with van der Waals surface area (Å²) in [6.07, 6.45) is 1.55. The predicted octanol–water partition coefficient (Wildman–Crippen LogP) is 3.18. The van der Waals surface area contributed by atoms with E-state index in [2.05, 4.69) is 10.0 Å². The van der Waals surface area contributed by atoms with Gasteiger partial charge in [0.2, 0.25) is 10.0 Å². The van der Waals surface area contributed by atoms with Gasteiger partial charge in [0.1, 0.15) is 10.6 Å². The molecule has 2 aromatic rings. The Morgan fingerprint density at radius 2 is 2.00 bits per heavy atom. The SMILES string of the molecule is COc1ccc(C(=O)Nc2cccc(Cl)c2F)cc1S(=O)(=O)NC1CC1. The van der Waals surface area contributed by atoms with Gasteiger partial charge in [-0.25, -0.2) is 17.5 Å². The monoisotopic (exact) mass is 398 g/mol. The molecule has 1 aliphatic rings. The Morgan fingerprint density at radius 3 is 2.65 bits per heavy atom. The fraction of sp³-hybridized carbons (Fsp3) is 0.235. The van der Waals surface area contributed by atoms with Crippen LogP contribution in [0.15, 0.2) is 41.3 Å². The van der Waals surface area contributed by atoms with Gasteiger partial charge in [0.15, 0.2) is 5.82 Å². The number of hydrogen-bond acceptors (Lipinski definition) is 4. The fourth-order valence-electron chi connectivity index (χ4n) is 2.31. The molecule has 0 aliphatic heterocycles. The number of rotatable bonds is 6. The van der Waals surface area contributed by atoms with Gasteiger partial charge in [-0.05, 0) is 43.2 Å². The van der Waals surface area contributed by atoms with Crippen LogP contribution in [0, 0.1) is 5.82 Å². The highest BCUT2D eigenvalue weighted by Gasteiger charge is 2.30. The van der Waals surface area contributed by atoms with E-state index in [1.807, 2.05) is 0 Å². The topological polar surface area (TPSA) is 84.5 Å². The van der Waals surface area contributed by atoms with Crippen molar-refractivity contribution in [1.29, 1.82) is 0 Å². The molecule has 138 valence electrons. The fourth-order valence-corrected chi connectivity index (χ4v) is 3.98. The van der Waals surface area contributed by atoms with Gasteiger partial charge in [-0.3, -0.25) is 4.79 Å². The quantitative estimate of drug-likeness (QED) is 0.782. The minimum absolute atomic E-state index is 0.0429. The summed E-state index contributed by atoms with van der Waals surface area (Å²) in [6.45, 7) is 0. The second kappa shape index (κ2) is 7.22. The summed E-state index contributed by atoms with van der Waals surface area (Å²) >= 11 is 5.69. The number of benzene rings is 2. The molecule has 9 heteroatoms. The van der Waals surface area contributed by atoms with Gasteiger partial charge in [0.25, 0.3) is 5.91 Å². The third-order valence-corrected chi connectivity index (χ3v) is 5.65. The van der Waals surface area contributed by atoms with Gasteiger partial charge in [-0.2, -0.15) is 0 Å². The molecule has 0 saturated heterocycles. The number of methoxy groups -OCH3 is 1. The van der Waals surface area contributed by atoms with E-state index in [0.717, 1.165) is 12.8 Å². The van der Waals surface area contributed by atoms with E-state index in [9.17, 15) is 17.6 Å². The lowest BCUT2D eigenvalue weighted by Crippen LogP contribution is -2.26. The Bertz CT molecular complexity index is 961. The van der Waals surface area contributed by atoms with Crippen molar-refractivity contribution in [3.05, 3.63) is 52.8 Å². The molecule has 0 bridgehead atoms. The zero-order valence-electron chi connectivity index (χ0n) is 13.8. The van der Waals surface area contributed by atoms with Crippen molar-refractivity contribution < 1.29 is 22.3 Å². The van der Waals surface area contributed by atoms with Gasteiger partial charge >= 0.3 is 0 Å². The zero-order valence-corrected chi connectivity index (χ0v) is 15.3. The molecule has 0 radical (unpaired) electrons. The summed E-state index contributed by atoms with van der Waals surface area (Å²) in [6, 6.07) is 8.08. The minimum atomic E-state index is -3.83. The molecule has 3 rings (SSSR count). The van der Waals surface area contributed by atoms with Crippen LogP contribution in [0.1, 0.15) is 23.2 Å². The summed E-state index contributed by atoms with van der Waals surface area (Å²) in [7, 11) is -2.49. The Balaban J connectivity index is 1.91. The smallest absolute Gasteiger partial charge is 0.255 e. The molecule has 0 heterocycles. The first-order valence-corrected chi connectivity index (χ1v) is 9.63. The zero-order chi connectivity index (χ0) is 18.9. The number of sulfonamides is 1. The maximum absolute atomic E-state index is 13.9. The first kappa shape index (κ1) is 18.6. The lowest BCUT2D eigenvalue weighted by Gasteiger charge is -2.12. The lowest BCUT2D eigenvalue weighted by atomic mass is 10.2. The molecule has 2 aromatic carbocycles.